The number of hydrogen-bond acceptors (Lipinski definition) is 4. The van der Waals surface area contributed by atoms with Gasteiger partial charge in [0.25, 0.3) is 0 Å². The number of alkyl halides is 6. The standard InChI is InChI=1S/C21H16ClF7N4O2/c1-32-18(15(22)10-31-32)13-8-11(3-5-17(13)35-7-6-30)33(19(34)21(27,28)29)12-2-4-16(23)14(9-12)20(24,25)26/h2-5,8-10H,6-7,30H2,1H3. The maximum absolute atomic E-state index is 13.8. The fraction of sp³-hybridized carbons (Fsp3) is 0.238. The zero-order valence-electron chi connectivity index (χ0n) is 17.7. The van der Waals surface area contributed by atoms with E-state index in [0.717, 1.165) is 12.1 Å². The van der Waals surface area contributed by atoms with Crippen LogP contribution in [0.25, 0.3) is 11.3 Å². The summed E-state index contributed by atoms with van der Waals surface area (Å²) in [7, 11) is 1.48. The van der Waals surface area contributed by atoms with Crippen molar-refractivity contribution < 1.29 is 40.3 Å². The first-order chi connectivity index (χ1) is 16.3. The van der Waals surface area contributed by atoms with Gasteiger partial charge in [0.2, 0.25) is 0 Å². The lowest BCUT2D eigenvalue weighted by Crippen LogP contribution is -2.38. The minimum absolute atomic E-state index is 0.00480. The predicted octanol–water partition coefficient (Wildman–Crippen LogP) is 5.46. The molecule has 0 saturated carbocycles. The first kappa shape index (κ1) is 26.3. The van der Waals surface area contributed by atoms with Crippen LogP contribution in [0.15, 0.2) is 42.6 Å². The molecule has 0 radical (unpaired) electrons. The van der Waals surface area contributed by atoms with E-state index in [9.17, 15) is 35.5 Å². The summed E-state index contributed by atoms with van der Waals surface area (Å²) in [6.07, 6.45) is -9.45. The summed E-state index contributed by atoms with van der Waals surface area (Å²) >= 11 is 6.17. The number of ether oxygens (including phenoxy) is 1. The van der Waals surface area contributed by atoms with Crippen molar-refractivity contribution in [2.45, 2.75) is 12.4 Å². The third kappa shape index (κ3) is 5.51. The van der Waals surface area contributed by atoms with Gasteiger partial charge in [0.05, 0.1) is 33.9 Å². The molecule has 3 aromatic rings. The Bertz CT molecular complexity index is 1220. The summed E-state index contributed by atoms with van der Waals surface area (Å²) in [5, 5.41) is 4.03. The zero-order chi connectivity index (χ0) is 26.1. The second-order valence-electron chi connectivity index (χ2n) is 7.08. The lowest BCUT2D eigenvalue weighted by atomic mass is 10.1. The van der Waals surface area contributed by atoms with Gasteiger partial charge in [-0.3, -0.25) is 14.4 Å². The average molecular weight is 525 g/mol. The fourth-order valence-electron chi connectivity index (χ4n) is 3.23. The Morgan fingerprint density at radius 1 is 1.11 bits per heavy atom. The van der Waals surface area contributed by atoms with Gasteiger partial charge in [0.1, 0.15) is 18.2 Å². The fourth-order valence-corrected chi connectivity index (χ4v) is 3.50. The first-order valence-corrected chi connectivity index (χ1v) is 10.1. The second kappa shape index (κ2) is 9.74. The van der Waals surface area contributed by atoms with Gasteiger partial charge in [-0.1, -0.05) is 11.6 Å². The lowest BCUT2D eigenvalue weighted by Gasteiger charge is -2.26. The second-order valence-corrected chi connectivity index (χ2v) is 7.49. The predicted molar refractivity (Wildman–Crippen MR) is 113 cm³/mol. The average Bonchev–Trinajstić information content (AvgIpc) is 3.10. The molecule has 188 valence electrons. The number of halogens is 8. The molecule has 14 heteroatoms. The molecule has 1 aromatic heterocycles. The van der Waals surface area contributed by atoms with E-state index >= 15 is 0 Å². The molecule has 0 unspecified atom stereocenters. The van der Waals surface area contributed by atoms with Crippen molar-refractivity contribution in [1.29, 1.82) is 0 Å². The van der Waals surface area contributed by atoms with Gasteiger partial charge < -0.3 is 10.5 Å². The van der Waals surface area contributed by atoms with Gasteiger partial charge in [-0.05, 0) is 36.4 Å². The molecule has 0 saturated heterocycles. The van der Waals surface area contributed by atoms with Gasteiger partial charge in [0.15, 0.2) is 0 Å². The number of rotatable bonds is 6. The van der Waals surface area contributed by atoms with E-state index in [4.69, 9.17) is 22.1 Å². The van der Waals surface area contributed by atoms with E-state index in [1.807, 2.05) is 0 Å². The van der Waals surface area contributed by atoms with E-state index in [-0.39, 0.29) is 46.1 Å². The summed E-state index contributed by atoms with van der Waals surface area (Å²) in [4.78, 5) is 12.3. The third-order valence-corrected chi connectivity index (χ3v) is 4.98. The maximum atomic E-state index is 13.8. The Kier molecular flexibility index (Phi) is 7.31. The van der Waals surface area contributed by atoms with Gasteiger partial charge >= 0.3 is 18.3 Å². The van der Waals surface area contributed by atoms with Crippen LogP contribution in [0.1, 0.15) is 5.56 Å². The van der Waals surface area contributed by atoms with Crippen LogP contribution < -0.4 is 15.4 Å². The SMILES string of the molecule is Cn1ncc(Cl)c1-c1cc(N(C(=O)C(F)(F)F)c2ccc(F)c(C(F)(F)F)c2)ccc1OCCN. The number of benzene rings is 2. The van der Waals surface area contributed by atoms with Crippen LogP contribution in [0.4, 0.5) is 42.1 Å². The largest absolute Gasteiger partial charge is 0.492 e. The van der Waals surface area contributed by atoms with Crippen LogP contribution in [0.5, 0.6) is 5.75 Å². The summed E-state index contributed by atoms with van der Waals surface area (Å²) in [6, 6.07) is 4.37. The highest BCUT2D eigenvalue weighted by Gasteiger charge is 2.45. The number of carbonyl (C=O) groups is 1. The summed E-state index contributed by atoms with van der Waals surface area (Å²) < 4.78 is 101. The molecule has 2 N–H and O–H groups in total. The molecule has 6 nitrogen and oxygen atoms in total. The first-order valence-electron chi connectivity index (χ1n) is 9.68. The van der Waals surface area contributed by atoms with Crippen LogP contribution in [0, 0.1) is 5.82 Å². The van der Waals surface area contributed by atoms with Crippen molar-refractivity contribution in [1.82, 2.24) is 9.78 Å². The number of nitrogens with zero attached hydrogens (tertiary/aromatic N) is 3. The smallest absolute Gasteiger partial charge is 0.472 e. The molecule has 0 aliphatic rings. The topological polar surface area (TPSA) is 73.4 Å². The molecule has 0 atom stereocenters. The quantitative estimate of drug-likeness (QED) is 0.435. The number of carbonyl (C=O) groups excluding carboxylic acids is 1. The highest BCUT2D eigenvalue weighted by Crippen LogP contribution is 2.41. The number of aryl methyl sites for hydroxylation is 1. The molecular formula is C21H16ClF7N4O2. The number of aromatic nitrogens is 2. The Balaban J connectivity index is 2.27. The summed E-state index contributed by atoms with van der Waals surface area (Å²) in [5.74, 6) is -4.11. The molecule has 2 aromatic carbocycles. The highest BCUT2D eigenvalue weighted by molar-refractivity contribution is 6.33. The highest BCUT2D eigenvalue weighted by atomic mass is 35.5. The Morgan fingerprint density at radius 3 is 2.29 bits per heavy atom. The van der Waals surface area contributed by atoms with E-state index < -0.39 is 41.0 Å². The van der Waals surface area contributed by atoms with Crippen LogP contribution in [-0.2, 0) is 18.0 Å². The van der Waals surface area contributed by atoms with Crippen molar-refractivity contribution >= 4 is 28.9 Å². The van der Waals surface area contributed by atoms with E-state index in [1.54, 1.807) is 0 Å². The van der Waals surface area contributed by atoms with Gasteiger partial charge in [-0.15, -0.1) is 0 Å². The third-order valence-electron chi connectivity index (χ3n) is 4.71. The van der Waals surface area contributed by atoms with Crippen molar-refractivity contribution in [3.05, 3.63) is 59.0 Å². The van der Waals surface area contributed by atoms with Gasteiger partial charge in [-0.2, -0.15) is 31.4 Å². The molecule has 0 aliphatic carbocycles. The molecule has 3 rings (SSSR count). The monoisotopic (exact) mass is 524 g/mol. The minimum atomic E-state index is -5.48. The van der Waals surface area contributed by atoms with Crippen molar-refractivity contribution in [2.75, 3.05) is 18.1 Å². The number of hydrogen-bond donors (Lipinski definition) is 1. The van der Waals surface area contributed by atoms with Crippen LogP contribution in [0.2, 0.25) is 5.02 Å². The molecule has 1 amide bonds. The van der Waals surface area contributed by atoms with Crippen molar-refractivity contribution in [3.63, 3.8) is 0 Å². The number of anilines is 2. The summed E-state index contributed by atoms with van der Waals surface area (Å²) in [6.45, 7) is 0.106. The Hall–Kier alpha value is -3.32. The van der Waals surface area contributed by atoms with Gasteiger partial charge in [0, 0.05) is 19.2 Å². The summed E-state index contributed by atoms with van der Waals surface area (Å²) in [5.41, 5.74) is 2.52. The Morgan fingerprint density at radius 2 is 1.74 bits per heavy atom. The molecule has 0 bridgehead atoms. The number of amides is 1. The van der Waals surface area contributed by atoms with Crippen LogP contribution in [-0.4, -0.2) is 35.0 Å². The normalized spacial score (nSPS) is 12.1. The van der Waals surface area contributed by atoms with Gasteiger partial charge in [-0.25, -0.2) is 4.39 Å². The number of nitrogens with two attached hydrogens (primary N) is 1. The Labute approximate surface area is 198 Å². The lowest BCUT2D eigenvalue weighted by molar-refractivity contribution is -0.169. The molecule has 0 aliphatic heterocycles. The molecular weight excluding hydrogens is 509 g/mol. The van der Waals surface area contributed by atoms with E-state index in [1.165, 1.54) is 24.0 Å². The van der Waals surface area contributed by atoms with Crippen LogP contribution >= 0.6 is 11.6 Å². The molecule has 0 spiro atoms. The van der Waals surface area contributed by atoms with E-state index in [2.05, 4.69) is 5.10 Å². The zero-order valence-corrected chi connectivity index (χ0v) is 18.5. The molecule has 1 heterocycles. The minimum Gasteiger partial charge on any atom is -0.492 e. The van der Waals surface area contributed by atoms with Crippen molar-refractivity contribution in [2.24, 2.45) is 12.8 Å². The van der Waals surface area contributed by atoms with Crippen molar-refractivity contribution in [3.8, 4) is 17.0 Å². The molecule has 35 heavy (non-hydrogen) atoms. The maximum Gasteiger partial charge on any atom is 0.472 e. The molecule has 0 fully saturated rings. The van der Waals surface area contributed by atoms with E-state index in [0.29, 0.717) is 12.1 Å². The van der Waals surface area contributed by atoms with Crippen LogP contribution in [0.3, 0.4) is 0 Å².